The molecule has 0 aliphatic heterocycles. The van der Waals surface area contributed by atoms with Gasteiger partial charge in [-0.05, 0) is 18.6 Å². The van der Waals surface area contributed by atoms with Crippen LogP contribution in [0.2, 0.25) is 0 Å². The lowest BCUT2D eigenvalue weighted by atomic mass is 9.97. The summed E-state index contributed by atoms with van der Waals surface area (Å²) in [5, 5.41) is 11.1. The summed E-state index contributed by atoms with van der Waals surface area (Å²) >= 11 is 1.57. The number of fused-ring (bicyclic) bond motifs is 4. The van der Waals surface area contributed by atoms with E-state index in [4.69, 9.17) is 14.7 Å². The summed E-state index contributed by atoms with van der Waals surface area (Å²) in [5.74, 6) is 1.09. The van der Waals surface area contributed by atoms with Gasteiger partial charge in [0.05, 0.1) is 22.2 Å². The average Bonchev–Trinajstić information content (AvgIpc) is 3.25. The van der Waals surface area contributed by atoms with Gasteiger partial charge in [-0.15, -0.1) is 21.5 Å². The third-order valence-electron chi connectivity index (χ3n) is 5.78. The normalized spacial score (nSPS) is 11.4. The fraction of sp³-hybridized carbons (Fsp3) is 0.148. The molecule has 0 spiro atoms. The maximum Gasteiger partial charge on any atom is 0.230 e. The predicted octanol–water partition coefficient (Wildman–Crippen LogP) is 5.98. The monoisotopic (exact) mass is 478 g/mol. The number of benzene rings is 2. The first-order valence-corrected chi connectivity index (χ1v) is 12.2. The number of ether oxygens (including phenoxy) is 1. The number of hydrogen-bond acceptors (Lipinski definition) is 8. The van der Waals surface area contributed by atoms with Crippen molar-refractivity contribution < 1.29 is 4.74 Å². The molecule has 4 aromatic heterocycles. The Balaban J connectivity index is 1.74. The van der Waals surface area contributed by atoms with E-state index in [2.05, 4.69) is 45.5 Å². The van der Waals surface area contributed by atoms with Crippen LogP contribution in [0, 0.1) is 0 Å². The molecule has 172 valence electrons. The van der Waals surface area contributed by atoms with Crippen LogP contribution in [0.4, 0.5) is 5.95 Å². The quantitative estimate of drug-likeness (QED) is 0.302. The summed E-state index contributed by atoms with van der Waals surface area (Å²) in [6.07, 6.45) is 0. The summed E-state index contributed by atoms with van der Waals surface area (Å²) in [7, 11) is 3.81. The van der Waals surface area contributed by atoms with Gasteiger partial charge in [-0.2, -0.15) is 9.97 Å². The third-order valence-corrected chi connectivity index (χ3v) is 6.79. The number of anilines is 1. The molecule has 7 nitrogen and oxygen atoms in total. The summed E-state index contributed by atoms with van der Waals surface area (Å²) in [6.45, 7) is 2.45. The van der Waals surface area contributed by atoms with E-state index in [9.17, 15) is 0 Å². The maximum atomic E-state index is 5.86. The van der Waals surface area contributed by atoms with Gasteiger partial charge in [-0.25, -0.2) is 4.98 Å². The highest BCUT2D eigenvalue weighted by molar-refractivity contribution is 7.25. The largest absolute Gasteiger partial charge is 0.477 e. The molecule has 0 unspecified atom stereocenters. The molecule has 6 aromatic rings. The van der Waals surface area contributed by atoms with Crippen molar-refractivity contribution in [2.24, 2.45) is 0 Å². The highest BCUT2D eigenvalue weighted by atomic mass is 32.1. The lowest BCUT2D eigenvalue weighted by Gasteiger charge is -2.13. The van der Waals surface area contributed by atoms with Crippen LogP contribution in [0.1, 0.15) is 6.92 Å². The summed E-state index contributed by atoms with van der Waals surface area (Å²) in [6, 6.07) is 22.5. The highest BCUT2D eigenvalue weighted by Crippen LogP contribution is 2.43. The van der Waals surface area contributed by atoms with Gasteiger partial charge in [-0.1, -0.05) is 60.7 Å². The van der Waals surface area contributed by atoms with Crippen LogP contribution in [-0.2, 0) is 0 Å². The summed E-state index contributed by atoms with van der Waals surface area (Å²) in [4.78, 5) is 17.1. The maximum absolute atomic E-state index is 5.86. The Labute approximate surface area is 206 Å². The molecule has 0 atom stereocenters. The van der Waals surface area contributed by atoms with E-state index in [1.807, 2.05) is 62.3 Å². The fourth-order valence-electron chi connectivity index (χ4n) is 4.20. The van der Waals surface area contributed by atoms with E-state index in [1.54, 1.807) is 11.3 Å². The fourth-order valence-corrected chi connectivity index (χ4v) is 5.21. The standard InChI is InChI=1S/C27H22N6OS/c1-4-34-25-18-15-19-23(28-24(18)29-27(30-25)33(2)3)21-20(16-11-7-5-8-12-16)22(31-32-26(21)35-19)17-13-9-6-10-14-17/h5-15H,4H2,1-3H3. The Morgan fingerprint density at radius 2 is 1.57 bits per heavy atom. The van der Waals surface area contributed by atoms with Crippen molar-refractivity contribution >= 4 is 48.8 Å². The van der Waals surface area contributed by atoms with E-state index in [1.165, 1.54) is 0 Å². The van der Waals surface area contributed by atoms with Gasteiger partial charge in [0.2, 0.25) is 11.8 Å². The first-order chi connectivity index (χ1) is 17.1. The zero-order valence-electron chi connectivity index (χ0n) is 19.6. The zero-order chi connectivity index (χ0) is 23.9. The Hall–Kier alpha value is -4.17. The van der Waals surface area contributed by atoms with Crippen LogP contribution in [-0.4, -0.2) is 45.9 Å². The zero-order valence-corrected chi connectivity index (χ0v) is 20.4. The molecule has 0 radical (unpaired) electrons. The van der Waals surface area contributed by atoms with Crippen LogP contribution in [0.3, 0.4) is 0 Å². The molecule has 8 heteroatoms. The van der Waals surface area contributed by atoms with Crippen molar-refractivity contribution in [2.75, 3.05) is 25.6 Å². The molecule has 6 rings (SSSR count). The Bertz CT molecular complexity index is 1680. The average molecular weight is 479 g/mol. The van der Waals surface area contributed by atoms with Crippen molar-refractivity contribution in [3.05, 3.63) is 66.7 Å². The number of hydrogen-bond donors (Lipinski definition) is 0. The van der Waals surface area contributed by atoms with Gasteiger partial charge in [0.25, 0.3) is 0 Å². The van der Waals surface area contributed by atoms with E-state index < -0.39 is 0 Å². The van der Waals surface area contributed by atoms with Gasteiger partial charge in [-0.3, -0.25) is 0 Å². The van der Waals surface area contributed by atoms with E-state index >= 15 is 0 Å². The van der Waals surface area contributed by atoms with Gasteiger partial charge >= 0.3 is 0 Å². The van der Waals surface area contributed by atoms with Crippen molar-refractivity contribution in [3.63, 3.8) is 0 Å². The van der Waals surface area contributed by atoms with Crippen LogP contribution < -0.4 is 9.64 Å². The first-order valence-electron chi connectivity index (χ1n) is 11.4. The van der Waals surface area contributed by atoms with Crippen molar-refractivity contribution in [1.29, 1.82) is 0 Å². The van der Waals surface area contributed by atoms with E-state index in [0.717, 1.165) is 48.2 Å². The van der Waals surface area contributed by atoms with Gasteiger partial charge < -0.3 is 9.64 Å². The molecule has 0 aliphatic rings. The number of rotatable bonds is 5. The minimum Gasteiger partial charge on any atom is -0.477 e. The number of nitrogens with zero attached hydrogens (tertiary/aromatic N) is 6. The minimum atomic E-state index is 0.507. The Morgan fingerprint density at radius 1 is 0.857 bits per heavy atom. The molecule has 0 saturated carbocycles. The predicted molar refractivity (Wildman–Crippen MR) is 142 cm³/mol. The number of aromatic nitrogens is 5. The Morgan fingerprint density at radius 3 is 2.26 bits per heavy atom. The smallest absolute Gasteiger partial charge is 0.230 e. The molecular formula is C27H22N6OS. The summed E-state index contributed by atoms with van der Waals surface area (Å²) in [5.41, 5.74) is 5.38. The van der Waals surface area contributed by atoms with E-state index in [0.29, 0.717) is 24.1 Å². The molecule has 4 heterocycles. The lowest BCUT2D eigenvalue weighted by molar-refractivity contribution is 0.331. The van der Waals surface area contributed by atoms with Crippen molar-refractivity contribution in [1.82, 2.24) is 25.1 Å². The minimum absolute atomic E-state index is 0.507. The van der Waals surface area contributed by atoms with Gasteiger partial charge in [0.1, 0.15) is 10.5 Å². The van der Waals surface area contributed by atoms with Gasteiger partial charge in [0, 0.05) is 30.6 Å². The van der Waals surface area contributed by atoms with Crippen molar-refractivity contribution in [2.45, 2.75) is 6.92 Å². The lowest BCUT2D eigenvalue weighted by Crippen LogP contribution is -2.14. The molecule has 0 saturated heterocycles. The molecule has 2 aromatic carbocycles. The van der Waals surface area contributed by atoms with Crippen LogP contribution in [0.5, 0.6) is 5.88 Å². The second kappa shape index (κ2) is 8.56. The van der Waals surface area contributed by atoms with Crippen LogP contribution in [0.15, 0.2) is 66.7 Å². The highest BCUT2D eigenvalue weighted by Gasteiger charge is 2.21. The first kappa shape index (κ1) is 21.4. The second-order valence-corrected chi connectivity index (χ2v) is 9.33. The molecule has 0 amide bonds. The second-order valence-electron chi connectivity index (χ2n) is 8.30. The molecule has 0 N–H and O–H groups in total. The topological polar surface area (TPSA) is 76.9 Å². The number of thiophene rings is 1. The third kappa shape index (κ3) is 3.63. The molecule has 0 bridgehead atoms. The molecule has 0 aliphatic carbocycles. The molecule has 0 fully saturated rings. The SMILES string of the molecule is CCOc1nc(N(C)C)nc2nc3c(cc12)sc1nnc(-c2ccccc2)c(-c2ccccc2)c13. The Kier molecular flexibility index (Phi) is 5.22. The van der Waals surface area contributed by atoms with E-state index in [-0.39, 0.29) is 0 Å². The van der Waals surface area contributed by atoms with Gasteiger partial charge in [0.15, 0.2) is 5.65 Å². The summed E-state index contributed by atoms with van der Waals surface area (Å²) < 4.78 is 6.85. The molecule has 35 heavy (non-hydrogen) atoms. The van der Waals surface area contributed by atoms with Crippen LogP contribution >= 0.6 is 11.3 Å². The van der Waals surface area contributed by atoms with Crippen LogP contribution in [0.25, 0.3) is 53.9 Å². The molecular weight excluding hydrogens is 456 g/mol. The van der Waals surface area contributed by atoms with Crippen molar-refractivity contribution in [3.8, 4) is 28.3 Å². The number of pyridine rings is 1.